The summed E-state index contributed by atoms with van der Waals surface area (Å²) in [7, 11) is 0. The molecule has 0 heterocycles. The Balaban J connectivity index is 3.59. The summed E-state index contributed by atoms with van der Waals surface area (Å²) in [6.45, 7) is 13.0. The minimum absolute atomic E-state index is 0.615. The quantitative estimate of drug-likeness (QED) is 0.147. The molecule has 0 aliphatic carbocycles. The van der Waals surface area contributed by atoms with Crippen molar-refractivity contribution in [1.82, 2.24) is 0 Å². The number of rotatable bonds is 19. The van der Waals surface area contributed by atoms with Crippen LogP contribution in [0.25, 0.3) is 0 Å². The van der Waals surface area contributed by atoms with E-state index in [0.29, 0.717) is 19.8 Å². The zero-order valence-electron chi connectivity index (χ0n) is 18.3. The smallest absolute Gasteiger partial charge is 0.282 e. The van der Waals surface area contributed by atoms with E-state index in [1.165, 1.54) is 63.5 Å². The molecule has 0 N–H and O–H groups in total. The largest absolute Gasteiger partial charge is 0.328 e. The SMILES string of the molecule is CCOC(CCCCCCCCCCCCN=C(C)C)(OCC)OCC. The molecular weight excluding hydrogens is 326 g/mol. The molecule has 156 valence electrons. The van der Waals surface area contributed by atoms with E-state index in [9.17, 15) is 0 Å². The van der Waals surface area contributed by atoms with Crippen molar-refractivity contribution < 1.29 is 14.2 Å². The van der Waals surface area contributed by atoms with E-state index in [1.807, 2.05) is 20.8 Å². The standard InChI is InChI=1S/C22H45NO3/c1-6-24-22(25-7-2,26-8-3)19-17-15-13-11-9-10-12-14-16-18-20-23-21(4)5/h6-20H2,1-5H3. The van der Waals surface area contributed by atoms with Gasteiger partial charge in [-0.05, 0) is 47.5 Å². The third kappa shape index (κ3) is 14.7. The summed E-state index contributed by atoms with van der Waals surface area (Å²) in [6.07, 6.45) is 13.8. The molecule has 0 radical (unpaired) electrons. The summed E-state index contributed by atoms with van der Waals surface area (Å²) in [4.78, 5) is 4.44. The Kier molecular flexibility index (Phi) is 17.6. The molecule has 0 saturated carbocycles. The van der Waals surface area contributed by atoms with E-state index in [-0.39, 0.29) is 0 Å². The number of aliphatic imine (C=N–C) groups is 1. The second kappa shape index (κ2) is 17.9. The van der Waals surface area contributed by atoms with Crippen LogP contribution in [0.5, 0.6) is 0 Å². The number of unbranched alkanes of at least 4 members (excludes halogenated alkanes) is 9. The van der Waals surface area contributed by atoms with Gasteiger partial charge in [0.25, 0.3) is 5.97 Å². The molecule has 0 bridgehead atoms. The summed E-state index contributed by atoms with van der Waals surface area (Å²) in [6, 6.07) is 0. The maximum absolute atomic E-state index is 5.77. The highest BCUT2D eigenvalue weighted by Gasteiger charge is 2.31. The maximum atomic E-state index is 5.77. The number of hydrogen-bond donors (Lipinski definition) is 0. The molecule has 4 nitrogen and oxygen atoms in total. The number of ether oxygens (including phenoxy) is 3. The third-order valence-corrected chi connectivity index (χ3v) is 4.41. The van der Waals surface area contributed by atoms with Gasteiger partial charge in [0.05, 0.1) is 0 Å². The fraction of sp³-hybridized carbons (Fsp3) is 0.955. The minimum atomic E-state index is -0.821. The third-order valence-electron chi connectivity index (χ3n) is 4.41. The highest BCUT2D eigenvalue weighted by atomic mass is 16.9. The van der Waals surface area contributed by atoms with Gasteiger partial charge in [-0.15, -0.1) is 0 Å². The lowest BCUT2D eigenvalue weighted by molar-refractivity contribution is -0.380. The Morgan fingerprint density at radius 2 is 1.00 bits per heavy atom. The molecule has 4 heteroatoms. The Bertz CT molecular complexity index is 310. The molecular formula is C22H45NO3. The van der Waals surface area contributed by atoms with Crippen LogP contribution in [0.3, 0.4) is 0 Å². The van der Waals surface area contributed by atoms with Gasteiger partial charge in [-0.2, -0.15) is 0 Å². The van der Waals surface area contributed by atoms with E-state index in [1.54, 1.807) is 0 Å². The number of hydrogen-bond acceptors (Lipinski definition) is 4. The fourth-order valence-corrected chi connectivity index (χ4v) is 3.17. The van der Waals surface area contributed by atoms with Crippen LogP contribution in [0.2, 0.25) is 0 Å². The number of nitrogens with zero attached hydrogens (tertiary/aromatic N) is 1. The van der Waals surface area contributed by atoms with Gasteiger partial charge in [0.1, 0.15) is 0 Å². The van der Waals surface area contributed by atoms with Crippen LogP contribution in [0.1, 0.15) is 105 Å². The van der Waals surface area contributed by atoms with Gasteiger partial charge in [-0.1, -0.05) is 51.4 Å². The van der Waals surface area contributed by atoms with Crippen LogP contribution in [-0.2, 0) is 14.2 Å². The lowest BCUT2D eigenvalue weighted by Crippen LogP contribution is -2.39. The van der Waals surface area contributed by atoms with E-state index >= 15 is 0 Å². The zero-order valence-corrected chi connectivity index (χ0v) is 18.3. The summed E-state index contributed by atoms with van der Waals surface area (Å²) in [5, 5.41) is 0. The van der Waals surface area contributed by atoms with Gasteiger partial charge in [0.2, 0.25) is 0 Å². The fourth-order valence-electron chi connectivity index (χ4n) is 3.17. The van der Waals surface area contributed by atoms with Crippen molar-refractivity contribution in [2.75, 3.05) is 26.4 Å². The molecule has 0 aliphatic heterocycles. The normalized spacial score (nSPS) is 11.7. The van der Waals surface area contributed by atoms with E-state index < -0.39 is 5.97 Å². The molecule has 0 aromatic heterocycles. The van der Waals surface area contributed by atoms with Crippen molar-refractivity contribution >= 4 is 5.71 Å². The van der Waals surface area contributed by atoms with Crippen LogP contribution in [0.15, 0.2) is 4.99 Å². The van der Waals surface area contributed by atoms with E-state index in [4.69, 9.17) is 14.2 Å². The van der Waals surface area contributed by atoms with Crippen LogP contribution in [0.4, 0.5) is 0 Å². The van der Waals surface area contributed by atoms with Crippen LogP contribution in [-0.4, -0.2) is 38.1 Å². The maximum Gasteiger partial charge on any atom is 0.282 e. The second-order valence-electron chi connectivity index (χ2n) is 7.10. The molecule has 26 heavy (non-hydrogen) atoms. The summed E-state index contributed by atoms with van der Waals surface area (Å²) >= 11 is 0. The molecule has 0 amide bonds. The molecule has 0 aromatic rings. The van der Waals surface area contributed by atoms with Crippen molar-refractivity contribution in [3.8, 4) is 0 Å². The summed E-state index contributed by atoms with van der Waals surface area (Å²) in [5.41, 5.74) is 1.20. The zero-order chi connectivity index (χ0) is 19.5. The molecule has 0 rings (SSSR count). The average molecular weight is 372 g/mol. The average Bonchev–Trinajstić information content (AvgIpc) is 2.59. The molecule has 0 saturated heterocycles. The first-order valence-electron chi connectivity index (χ1n) is 11.0. The van der Waals surface area contributed by atoms with Crippen molar-refractivity contribution in [1.29, 1.82) is 0 Å². The van der Waals surface area contributed by atoms with Gasteiger partial charge in [0, 0.05) is 38.5 Å². The Morgan fingerprint density at radius 3 is 1.38 bits per heavy atom. The topological polar surface area (TPSA) is 40.0 Å². The Labute approximate surface area is 163 Å². The van der Waals surface area contributed by atoms with Crippen LogP contribution < -0.4 is 0 Å². The lowest BCUT2D eigenvalue weighted by Gasteiger charge is -2.32. The van der Waals surface area contributed by atoms with Crippen molar-refractivity contribution in [3.05, 3.63) is 0 Å². The monoisotopic (exact) mass is 371 g/mol. The first-order valence-corrected chi connectivity index (χ1v) is 11.0. The predicted octanol–water partition coefficient (Wildman–Crippen LogP) is 6.52. The Morgan fingerprint density at radius 1 is 0.615 bits per heavy atom. The Hall–Kier alpha value is -0.450. The molecule has 0 atom stereocenters. The van der Waals surface area contributed by atoms with E-state index in [2.05, 4.69) is 18.8 Å². The van der Waals surface area contributed by atoms with Gasteiger partial charge in [0.15, 0.2) is 0 Å². The van der Waals surface area contributed by atoms with Gasteiger partial charge < -0.3 is 14.2 Å². The minimum Gasteiger partial charge on any atom is -0.328 e. The van der Waals surface area contributed by atoms with Crippen molar-refractivity contribution in [3.63, 3.8) is 0 Å². The molecule has 0 spiro atoms. The van der Waals surface area contributed by atoms with Gasteiger partial charge >= 0.3 is 0 Å². The van der Waals surface area contributed by atoms with Crippen molar-refractivity contribution in [2.45, 2.75) is 111 Å². The lowest BCUT2D eigenvalue weighted by atomic mass is 10.1. The molecule has 0 unspecified atom stereocenters. The second-order valence-corrected chi connectivity index (χ2v) is 7.10. The highest BCUT2D eigenvalue weighted by Crippen LogP contribution is 2.24. The van der Waals surface area contributed by atoms with Crippen LogP contribution >= 0.6 is 0 Å². The molecule has 0 aliphatic rings. The van der Waals surface area contributed by atoms with E-state index in [0.717, 1.165) is 19.4 Å². The first-order chi connectivity index (χ1) is 12.6. The van der Waals surface area contributed by atoms with Gasteiger partial charge in [-0.3, -0.25) is 4.99 Å². The highest BCUT2D eigenvalue weighted by molar-refractivity contribution is 5.78. The summed E-state index contributed by atoms with van der Waals surface area (Å²) < 4.78 is 17.3. The predicted molar refractivity (Wildman–Crippen MR) is 112 cm³/mol. The van der Waals surface area contributed by atoms with Crippen molar-refractivity contribution in [2.24, 2.45) is 4.99 Å². The molecule has 0 aromatic carbocycles. The van der Waals surface area contributed by atoms with Gasteiger partial charge in [-0.25, -0.2) is 0 Å². The van der Waals surface area contributed by atoms with Crippen LogP contribution in [0, 0.1) is 0 Å². The molecule has 0 fully saturated rings. The summed E-state index contributed by atoms with van der Waals surface area (Å²) in [5.74, 6) is -0.821. The first kappa shape index (κ1) is 25.6.